The second-order valence-electron chi connectivity index (χ2n) is 5.03. The molecule has 1 amide bonds. The van der Waals surface area contributed by atoms with Crippen LogP contribution in [-0.4, -0.2) is 31.7 Å². The second-order valence-corrected chi connectivity index (χ2v) is 5.89. The molecule has 0 saturated carbocycles. The van der Waals surface area contributed by atoms with Gasteiger partial charge in [-0.2, -0.15) is 18.3 Å². The highest BCUT2D eigenvalue weighted by Crippen LogP contribution is 2.31. The van der Waals surface area contributed by atoms with E-state index in [4.69, 9.17) is 5.11 Å². The summed E-state index contributed by atoms with van der Waals surface area (Å²) in [6.45, 7) is 2.81. The smallest absolute Gasteiger partial charge is 0.443 e. The van der Waals surface area contributed by atoms with Gasteiger partial charge in [0.1, 0.15) is 5.69 Å². The fourth-order valence-electron chi connectivity index (χ4n) is 1.49. The first kappa shape index (κ1) is 16.9. The molecule has 2 rings (SSSR count). The Morgan fingerprint density at radius 1 is 1.35 bits per heavy atom. The molecule has 2 aromatic rings. The van der Waals surface area contributed by atoms with E-state index in [1.165, 1.54) is 26.2 Å². The van der Waals surface area contributed by atoms with Gasteiger partial charge >= 0.3 is 12.1 Å². The van der Waals surface area contributed by atoms with Gasteiger partial charge in [0.25, 0.3) is 5.91 Å². The largest absolute Gasteiger partial charge is 0.479 e. The number of aromatic nitrogens is 3. The summed E-state index contributed by atoms with van der Waals surface area (Å²) in [4.78, 5) is 26.2. The van der Waals surface area contributed by atoms with Crippen LogP contribution in [0.2, 0.25) is 0 Å². The van der Waals surface area contributed by atoms with E-state index in [1.807, 2.05) is 0 Å². The minimum absolute atomic E-state index is 0.144. The SMILES string of the molecule is CC(C)(C(=O)O)n1cc(NC(=O)c2csc(C(F)(F)F)n2)cn1. The summed E-state index contributed by atoms with van der Waals surface area (Å²) in [5, 5.41) is 15.1. The molecule has 11 heteroatoms. The molecular weight excluding hydrogens is 337 g/mol. The Morgan fingerprint density at radius 2 is 2.00 bits per heavy atom. The van der Waals surface area contributed by atoms with Crippen molar-refractivity contribution in [3.63, 3.8) is 0 Å². The zero-order valence-corrected chi connectivity index (χ0v) is 12.7. The maximum absolute atomic E-state index is 12.4. The number of carboxylic acid groups (broad SMARTS) is 1. The average Bonchev–Trinajstić information content (AvgIpc) is 3.06. The summed E-state index contributed by atoms with van der Waals surface area (Å²) >= 11 is 0.313. The molecule has 0 aliphatic rings. The Morgan fingerprint density at radius 3 is 2.52 bits per heavy atom. The number of anilines is 1. The van der Waals surface area contributed by atoms with Crippen molar-refractivity contribution in [3.8, 4) is 0 Å². The predicted octanol–water partition coefficient (Wildman–Crippen LogP) is 2.43. The normalized spacial score (nSPS) is 12.2. The number of amides is 1. The summed E-state index contributed by atoms with van der Waals surface area (Å²) in [6, 6.07) is 0. The molecule has 0 aromatic carbocycles. The number of nitrogens with zero attached hydrogens (tertiary/aromatic N) is 3. The van der Waals surface area contributed by atoms with Crippen molar-refractivity contribution in [1.29, 1.82) is 0 Å². The number of aliphatic carboxylic acids is 1. The van der Waals surface area contributed by atoms with Crippen LogP contribution in [0, 0.1) is 0 Å². The van der Waals surface area contributed by atoms with Crippen molar-refractivity contribution >= 4 is 28.9 Å². The minimum Gasteiger partial charge on any atom is -0.479 e. The van der Waals surface area contributed by atoms with Crippen molar-refractivity contribution in [1.82, 2.24) is 14.8 Å². The van der Waals surface area contributed by atoms with Crippen LogP contribution < -0.4 is 5.32 Å². The fourth-order valence-corrected chi connectivity index (χ4v) is 2.16. The predicted molar refractivity (Wildman–Crippen MR) is 74.3 cm³/mol. The van der Waals surface area contributed by atoms with E-state index in [2.05, 4.69) is 15.4 Å². The summed E-state index contributed by atoms with van der Waals surface area (Å²) < 4.78 is 38.5. The second kappa shape index (κ2) is 5.65. The Balaban J connectivity index is 2.14. The third kappa shape index (κ3) is 3.50. The van der Waals surface area contributed by atoms with Gasteiger partial charge in [0.2, 0.25) is 0 Å². The lowest BCUT2D eigenvalue weighted by atomic mass is 10.1. The van der Waals surface area contributed by atoms with Crippen LogP contribution in [0.3, 0.4) is 0 Å². The molecule has 2 aromatic heterocycles. The van der Waals surface area contributed by atoms with E-state index < -0.39 is 28.6 Å². The molecular formula is C12H11F3N4O3S. The number of rotatable bonds is 4. The van der Waals surface area contributed by atoms with Crippen molar-refractivity contribution in [2.24, 2.45) is 0 Å². The monoisotopic (exact) mass is 348 g/mol. The number of hydrogen-bond acceptors (Lipinski definition) is 5. The Labute approximate surface area is 131 Å². The van der Waals surface area contributed by atoms with Crippen LogP contribution in [0.25, 0.3) is 0 Å². The van der Waals surface area contributed by atoms with E-state index >= 15 is 0 Å². The Hall–Kier alpha value is -2.43. The van der Waals surface area contributed by atoms with E-state index in [0.29, 0.717) is 11.3 Å². The number of carboxylic acids is 1. The van der Waals surface area contributed by atoms with Crippen LogP contribution in [-0.2, 0) is 16.5 Å². The van der Waals surface area contributed by atoms with E-state index in [1.54, 1.807) is 0 Å². The van der Waals surface area contributed by atoms with Gasteiger partial charge in [0.05, 0.1) is 11.9 Å². The average molecular weight is 348 g/mol. The van der Waals surface area contributed by atoms with E-state index in [9.17, 15) is 22.8 Å². The molecule has 124 valence electrons. The van der Waals surface area contributed by atoms with Gasteiger partial charge in [0.15, 0.2) is 10.5 Å². The standard InChI is InChI=1S/C12H11F3N4O3S/c1-11(2,10(21)22)19-4-6(3-16-19)17-8(20)7-5-23-9(18-7)12(13,14)15/h3-5H,1-2H3,(H,17,20)(H,21,22). The summed E-state index contributed by atoms with van der Waals surface area (Å²) in [7, 11) is 0. The van der Waals surface area contributed by atoms with Crippen molar-refractivity contribution in [2.75, 3.05) is 5.32 Å². The maximum Gasteiger partial charge on any atom is 0.443 e. The Bertz CT molecular complexity index is 751. The van der Waals surface area contributed by atoms with E-state index in [-0.39, 0.29) is 11.4 Å². The number of hydrogen-bond donors (Lipinski definition) is 2. The molecule has 23 heavy (non-hydrogen) atoms. The maximum atomic E-state index is 12.4. The molecule has 0 aliphatic heterocycles. The van der Waals surface area contributed by atoms with Crippen LogP contribution in [0.4, 0.5) is 18.9 Å². The van der Waals surface area contributed by atoms with Crippen LogP contribution in [0.5, 0.6) is 0 Å². The van der Waals surface area contributed by atoms with Crippen molar-refractivity contribution < 1.29 is 27.9 Å². The highest BCUT2D eigenvalue weighted by Gasteiger charge is 2.35. The molecule has 0 bridgehead atoms. The number of halogens is 3. The first-order valence-electron chi connectivity index (χ1n) is 6.14. The molecule has 0 unspecified atom stereocenters. The van der Waals surface area contributed by atoms with Gasteiger partial charge < -0.3 is 10.4 Å². The first-order chi connectivity index (χ1) is 10.5. The number of carbonyl (C=O) groups excluding carboxylic acids is 1. The highest BCUT2D eigenvalue weighted by molar-refractivity contribution is 7.10. The summed E-state index contributed by atoms with van der Waals surface area (Å²) in [5.74, 6) is -1.97. The van der Waals surface area contributed by atoms with Gasteiger partial charge in [-0.15, -0.1) is 11.3 Å². The van der Waals surface area contributed by atoms with E-state index in [0.717, 1.165) is 10.1 Å². The van der Waals surface area contributed by atoms with Crippen LogP contribution >= 0.6 is 11.3 Å². The molecule has 0 saturated heterocycles. The van der Waals surface area contributed by atoms with Gasteiger partial charge in [0, 0.05) is 11.6 Å². The van der Waals surface area contributed by atoms with Crippen LogP contribution in [0.1, 0.15) is 29.3 Å². The zero-order valence-electron chi connectivity index (χ0n) is 11.9. The van der Waals surface area contributed by atoms with Crippen LogP contribution in [0.15, 0.2) is 17.8 Å². The summed E-state index contributed by atoms with van der Waals surface area (Å²) in [6.07, 6.45) is -2.15. The number of alkyl halides is 3. The van der Waals surface area contributed by atoms with Gasteiger partial charge in [-0.3, -0.25) is 9.48 Å². The third-order valence-electron chi connectivity index (χ3n) is 2.92. The number of carbonyl (C=O) groups is 2. The van der Waals surface area contributed by atoms with Crippen molar-refractivity contribution in [2.45, 2.75) is 25.6 Å². The Kier molecular flexibility index (Phi) is 4.16. The molecule has 0 fully saturated rings. The molecule has 0 atom stereocenters. The van der Waals surface area contributed by atoms with Gasteiger partial charge in [-0.25, -0.2) is 9.78 Å². The lowest BCUT2D eigenvalue weighted by Crippen LogP contribution is -2.35. The fraction of sp³-hybridized carbons (Fsp3) is 0.333. The first-order valence-corrected chi connectivity index (χ1v) is 7.02. The molecule has 2 heterocycles. The number of nitrogens with one attached hydrogen (secondary N) is 1. The van der Waals surface area contributed by atoms with Crippen molar-refractivity contribution in [3.05, 3.63) is 28.5 Å². The lowest BCUT2D eigenvalue weighted by molar-refractivity contribution is -0.146. The molecule has 0 spiro atoms. The molecule has 2 N–H and O–H groups in total. The topological polar surface area (TPSA) is 97.1 Å². The molecule has 0 radical (unpaired) electrons. The minimum atomic E-state index is -4.61. The summed E-state index contributed by atoms with van der Waals surface area (Å²) in [5.41, 5.74) is -1.58. The lowest BCUT2D eigenvalue weighted by Gasteiger charge is -2.19. The van der Waals surface area contributed by atoms with Gasteiger partial charge in [-0.1, -0.05) is 0 Å². The third-order valence-corrected chi connectivity index (χ3v) is 3.80. The highest BCUT2D eigenvalue weighted by atomic mass is 32.1. The zero-order chi connectivity index (χ0) is 17.4. The number of thiazole rings is 1. The van der Waals surface area contributed by atoms with Gasteiger partial charge in [-0.05, 0) is 13.8 Å². The quantitative estimate of drug-likeness (QED) is 0.884. The molecule has 7 nitrogen and oxygen atoms in total. The molecule has 0 aliphatic carbocycles.